The molecule has 0 radical (unpaired) electrons. The van der Waals surface area contributed by atoms with Crippen LogP contribution in [0.4, 0.5) is 10.7 Å². The number of thiophene rings is 1. The van der Waals surface area contributed by atoms with Crippen molar-refractivity contribution in [2.75, 3.05) is 23.9 Å². The van der Waals surface area contributed by atoms with E-state index in [1.165, 1.54) is 0 Å². The lowest BCUT2D eigenvalue weighted by Crippen LogP contribution is -2.07. The van der Waals surface area contributed by atoms with Crippen LogP contribution in [-0.2, 0) is 9.84 Å². The number of nitrogens with one attached hydrogen (secondary N) is 1. The zero-order valence-electron chi connectivity index (χ0n) is 10.3. The molecule has 0 bridgehead atoms. The number of hydrogen-bond donors (Lipinski definition) is 2. The van der Waals surface area contributed by atoms with Crippen LogP contribution in [0.1, 0.15) is 29.4 Å². The van der Waals surface area contributed by atoms with Gasteiger partial charge >= 0.3 is 0 Å². The Bertz CT molecular complexity index is 586. The van der Waals surface area contributed by atoms with Gasteiger partial charge in [0.25, 0.3) is 0 Å². The van der Waals surface area contributed by atoms with Crippen LogP contribution < -0.4 is 11.1 Å². The van der Waals surface area contributed by atoms with Gasteiger partial charge in [0.2, 0.25) is 0 Å². The van der Waals surface area contributed by atoms with Crippen molar-refractivity contribution in [2.45, 2.75) is 24.7 Å². The quantitative estimate of drug-likeness (QED) is 0.806. The first-order valence-corrected chi connectivity index (χ1v) is 8.47. The lowest BCUT2D eigenvalue weighted by molar-refractivity contribution is 0.0972. The molecule has 0 unspecified atom stereocenters. The SMILES string of the molecule is CCNc1sc(C(=O)C2CC2)c(N)c1S(C)(=O)=O. The fraction of sp³-hybridized carbons (Fsp3) is 0.545. The van der Waals surface area contributed by atoms with E-state index < -0.39 is 9.84 Å². The van der Waals surface area contributed by atoms with Gasteiger partial charge in [0.05, 0.1) is 10.6 Å². The summed E-state index contributed by atoms with van der Waals surface area (Å²) in [5.41, 5.74) is 5.96. The van der Waals surface area contributed by atoms with E-state index in [1.54, 1.807) is 0 Å². The molecule has 5 nitrogen and oxygen atoms in total. The summed E-state index contributed by atoms with van der Waals surface area (Å²) in [7, 11) is -3.43. The standard InChI is InChI=1S/C11H16N2O3S2/c1-3-13-11-10(18(2,15)16)7(12)9(17-11)8(14)6-4-5-6/h6,13H,3-5,12H2,1-2H3. The number of carbonyl (C=O) groups is 1. The molecule has 1 heterocycles. The largest absolute Gasteiger partial charge is 0.396 e. The van der Waals surface area contributed by atoms with Crippen molar-refractivity contribution < 1.29 is 13.2 Å². The van der Waals surface area contributed by atoms with E-state index in [2.05, 4.69) is 5.32 Å². The molecule has 100 valence electrons. The number of anilines is 2. The average molecular weight is 288 g/mol. The van der Waals surface area contributed by atoms with E-state index in [1.807, 2.05) is 6.92 Å². The molecule has 1 aliphatic carbocycles. The molecular formula is C11H16N2O3S2. The summed E-state index contributed by atoms with van der Waals surface area (Å²) in [4.78, 5) is 12.5. The molecule has 0 aromatic carbocycles. The number of carbonyl (C=O) groups excluding carboxylic acids is 1. The highest BCUT2D eigenvalue weighted by atomic mass is 32.2. The van der Waals surface area contributed by atoms with Gasteiger partial charge in [-0.3, -0.25) is 4.79 Å². The molecule has 0 amide bonds. The third kappa shape index (κ3) is 2.37. The Morgan fingerprint density at radius 3 is 2.56 bits per heavy atom. The maximum absolute atomic E-state index is 12.0. The van der Waals surface area contributed by atoms with Gasteiger partial charge in [0.15, 0.2) is 15.6 Å². The second-order valence-electron chi connectivity index (χ2n) is 4.44. The van der Waals surface area contributed by atoms with E-state index in [0.717, 1.165) is 30.4 Å². The second-order valence-corrected chi connectivity index (χ2v) is 7.42. The van der Waals surface area contributed by atoms with Crippen molar-refractivity contribution in [3.8, 4) is 0 Å². The van der Waals surface area contributed by atoms with Crippen molar-refractivity contribution in [1.82, 2.24) is 0 Å². The van der Waals surface area contributed by atoms with Crippen LogP contribution in [-0.4, -0.2) is 27.0 Å². The summed E-state index contributed by atoms with van der Waals surface area (Å²) in [6.07, 6.45) is 2.86. The smallest absolute Gasteiger partial charge is 0.180 e. The average Bonchev–Trinajstić information content (AvgIpc) is 3.02. The Kier molecular flexibility index (Phi) is 3.37. The van der Waals surface area contributed by atoms with Crippen molar-refractivity contribution in [2.24, 2.45) is 5.92 Å². The Balaban J connectivity index is 2.53. The van der Waals surface area contributed by atoms with Crippen molar-refractivity contribution in [3.63, 3.8) is 0 Å². The topological polar surface area (TPSA) is 89.3 Å². The van der Waals surface area contributed by atoms with Crippen LogP contribution in [0.2, 0.25) is 0 Å². The van der Waals surface area contributed by atoms with Gasteiger partial charge in [-0.1, -0.05) is 0 Å². The molecular weight excluding hydrogens is 272 g/mol. The Labute approximate surface area is 110 Å². The van der Waals surface area contributed by atoms with Gasteiger partial charge in [-0.15, -0.1) is 11.3 Å². The Morgan fingerprint density at radius 2 is 2.11 bits per heavy atom. The van der Waals surface area contributed by atoms with Crippen molar-refractivity contribution in [3.05, 3.63) is 4.88 Å². The third-order valence-electron chi connectivity index (χ3n) is 2.78. The van der Waals surface area contributed by atoms with Crippen molar-refractivity contribution in [1.29, 1.82) is 0 Å². The minimum absolute atomic E-state index is 0.0217. The molecule has 0 aliphatic heterocycles. The van der Waals surface area contributed by atoms with E-state index in [4.69, 9.17) is 5.73 Å². The third-order valence-corrected chi connectivity index (χ3v) is 5.25. The molecule has 1 aromatic heterocycles. The zero-order valence-corrected chi connectivity index (χ0v) is 12.0. The summed E-state index contributed by atoms with van der Waals surface area (Å²) >= 11 is 1.15. The number of ketones is 1. The van der Waals surface area contributed by atoms with Crippen molar-refractivity contribution >= 4 is 37.6 Å². The molecule has 18 heavy (non-hydrogen) atoms. The molecule has 1 aromatic rings. The van der Waals surface area contributed by atoms with Crippen LogP contribution in [0.5, 0.6) is 0 Å². The van der Waals surface area contributed by atoms with Crippen LogP contribution in [0.25, 0.3) is 0 Å². The summed E-state index contributed by atoms with van der Waals surface area (Å²) < 4.78 is 23.5. The predicted octanol–water partition coefficient (Wildman–Crippen LogP) is 1.76. The molecule has 2 rings (SSSR count). The number of Topliss-reactive ketones (excluding diaryl/α,β-unsaturated/α-hetero) is 1. The van der Waals surface area contributed by atoms with E-state index in [0.29, 0.717) is 16.4 Å². The molecule has 1 saturated carbocycles. The Morgan fingerprint density at radius 1 is 1.50 bits per heavy atom. The molecule has 0 atom stereocenters. The Hall–Kier alpha value is -1.08. The number of nitrogens with two attached hydrogens (primary N) is 1. The maximum atomic E-state index is 12.0. The number of hydrogen-bond acceptors (Lipinski definition) is 6. The van der Waals surface area contributed by atoms with E-state index in [9.17, 15) is 13.2 Å². The number of rotatable bonds is 5. The fourth-order valence-corrected chi connectivity index (χ4v) is 4.44. The highest BCUT2D eigenvalue weighted by Crippen LogP contribution is 2.43. The zero-order chi connectivity index (χ0) is 13.5. The monoisotopic (exact) mass is 288 g/mol. The molecule has 1 aliphatic rings. The van der Waals surface area contributed by atoms with Crippen LogP contribution in [0.15, 0.2) is 4.90 Å². The van der Waals surface area contributed by atoms with Gasteiger partial charge in [-0.2, -0.15) is 0 Å². The predicted molar refractivity (Wildman–Crippen MR) is 73.1 cm³/mol. The summed E-state index contributed by atoms with van der Waals surface area (Å²) in [5.74, 6) is 0.0133. The first-order chi connectivity index (χ1) is 8.36. The highest BCUT2D eigenvalue weighted by Gasteiger charge is 2.35. The lowest BCUT2D eigenvalue weighted by Gasteiger charge is -2.03. The van der Waals surface area contributed by atoms with Gasteiger partial charge in [-0.25, -0.2) is 8.42 Å². The molecule has 1 fully saturated rings. The molecule has 3 N–H and O–H groups in total. The van der Waals surface area contributed by atoms with E-state index >= 15 is 0 Å². The van der Waals surface area contributed by atoms with Gasteiger partial charge in [0.1, 0.15) is 9.90 Å². The number of nitrogen functional groups attached to an aromatic ring is 1. The number of sulfone groups is 1. The van der Waals surface area contributed by atoms with Gasteiger partial charge in [-0.05, 0) is 19.8 Å². The van der Waals surface area contributed by atoms with Gasteiger partial charge in [0, 0.05) is 18.7 Å². The van der Waals surface area contributed by atoms with Crippen LogP contribution in [0.3, 0.4) is 0 Å². The summed E-state index contributed by atoms with van der Waals surface area (Å²) in [6.45, 7) is 2.45. The molecule has 7 heteroatoms. The highest BCUT2D eigenvalue weighted by molar-refractivity contribution is 7.91. The molecule has 0 spiro atoms. The van der Waals surface area contributed by atoms with Gasteiger partial charge < -0.3 is 11.1 Å². The second kappa shape index (κ2) is 4.55. The summed E-state index contributed by atoms with van der Waals surface area (Å²) in [6, 6.07) is 0. The summed E-state index contributed by atoms with van der Waals surface area (Å²) in [5, 5.41) is 3.44. The minimum atomic E-state index is -3.43. The maximum Gasteiger partial charge on any atom is 0.180 e. The van der Waals surface area contributed by atoms with E-state index in [-0.39, 0.29) is 22.3 Å². The minimum Gasteiger partial charge on any atom is -0.396 e. The lowest BCUT2D eigenvalue weighted by atomic mass is 10.2. The first-order valence-electron chi connectivity index (χ1n) is 5.76. The van der Waals surface area contributed by atoms with Crippen LogP contribution in [0, 0.1) is 5.92 Å². The normalized spacial score (nSPS) is 15.7. The fourth-order valence-electron chi connectivity index (χ4n) is 1.79. The molecule has 0 saturated heterocycles. The van der Waals surface area contributed by atoms with Crippen LogP contribution >= 0.6 is 11.3 Å². The first kappa shape index (κ1) is 13.4.